The third kappa shape index (κ3) is 4.25. The fourth-order valence-corrected chi connectivity index (χ4v) is 3.24. The van der Waals surface area contributed by atoms with E-state index in [1.165, 1.54) is 11.3 Å². The van der Waals surface area contributed by atoms with Gasteiger partial charge in [-0.25, -0.2) is 0 Å². The number of carbonyl (C=O) groups excluding carboxylic acids is 1. The Morgan fingerprint density at radius 2 is 2.40 bits per heavy atom. The standard InChI is InChI=1S/C10H13Br2NOS/c1-2-3-7(11)6-13-10(14)9-8(12)4-5-15-9/h4-5,7H,2-3,6H2,1H3,(H,13,14). The maximum absolute atomic E-state index is 11.7. The largest absolute Gasteiger partial charge is 0.350 e. The van der Waals surface area contributed by atoms with Crippen molar-refractivity contribution in [3.05, 3.63) is 20.8 Å². The first kappa shape index (κ1) is 13.2. The normalized spacial score (nSPS) is 12.5. The second-order valence-electron chi connectivity index (χ2n) is 3.19. The molecule has 1 N–H and O–H groups in total. The first-order valence-electron chi connectivity index (χ1n) is 4.80. The highest BCUT2D eigenvalue weighted by Gasteiger charge is 2.12. The second-order valence-corrected chi connectivity index (χ2v) is 6.26. The molecule has 5 heteroatoms. The zero-order chi connectivity index (χ0) is 11.3. The van der Waals surface area contributed by atoms with Crippen LogP contribution in [0.25, 0.3) is 0 Å². The summed E-state index contributed by atoms with van der Waals surface area (Å²) in [7, 11) is 0. The molecule has 0 aliphatic rings. The van der Waals surface area contributed by atoms with Crippen molar-refractivity contribution in [2.24, 2.45) is 0 Å². The first-order chi connectivity index (χ1) is 7.15. The zero-order valence-corrected chi connectivity index (χ0v) is 12.4. The minimum Gasteiger partial charge on any atom is -0.350 e. The topological polar surface area (TPSA) is 29.1 Å². The number of rotatable bonds is 5. The van der Waals surface area contributed by atoms with Gasteiger partial charge in [0, 0.05) is 15.8 Å². The van der Waals surface area contributed by atoms with Crippen molar-refractivity contribution in [3.63, 3.8) is 0 Å². The van der Waals surface area contributed by atoms with Gasteiger partial charge in [-0.2, -0.15) is 0 Å². The molecule has 0 fully saturated rings. The lowest BCUT2D eigenvalue weighted by atomic mass is 10.2. The van der Waals surface area contributed by atoms with E-state index in [1.54, 1.807) is 0 Å². The van der Waals surface area contributed by atoms with Crippen molar-refractivity contribution in [2.45, 2.75) is 24.6 Å². The van der Waals surface area contributed by atoms with Gasteiger partial charge in [0.1, 0.15) is 4.88 Å². The lowest BCUT2D eigenvalue weighted by molar-refractivity contribution is 0.0957. The summed E-state index contributed by atoms with van der Waals surface area (Å²) < 4.78 is 0.867. The molecule has 0 saturated heterocycles. The Labute approximate surface area is 111 Å². The van der Waals surface area contributed by atoms with E-state index in [4.69, 9.17) is 0 Å². The molecule has 0 radical (unpaired) electrons. The van der Waals surface area contributed by atoms with Gasteiger partial charge in [0.25, 0.3) is 5.91 Å². The maximum Gasteiger partial charge on any atom is 0.262 e. The number of thiophene rings is 1. The first-order valence-corrected chi connectivity index (χ1v) is 7.39. The average Bonchev–Trinajstić information content (AvgIpc) is 2.61. The monoisotopic (exact) mass is 353 g/mol. The van der Waals surface area contributed by atoms with Crippen LogP contribution in [0.15, 0.2) is 15.9 Å². The minimum absolute atomic E-state index is 0.00238. The molecule has 0 aliphatic carbocycles. The molecule has 1 atom stereocenters. The molecule has 1 heterocycles. The molecule has 1 unspecified atom stereocenters. The van der Waals surface area contributed by atoms with Crippen molar-refractivity contribution in [3.8, 4) is 0 Å². The Kier molecular flexibility index (Phi) is 5.86. The summed E-state index contributed by atoms with van der Waals surface area (Å²) in [5.74, 6) is -0.00238. The highest BCUT2D eigenvalue weighted by atomic mass is 79.9. The molecular weight excluding hydrogens is 342 g/mol. The van der Waals surface area contributed by atoms with E-state index in [2.05, 4.69) is 44.1 Å². The number of carbonyl (C=O) groups is 1. The molecule has 1 aromatic heterocycles. The van der Waals surface area contributed by atoms with Gasteiger partial charge >= 0.3 is 0 Å². The third-order valence-corrected chi connectivity index (χ3v) is 4.53. The van der Waals surface area contributed by atoms with Gasteiger partial charge in [0.2, 0.25) is 0 Å². The SMILES string of the molecule is CCCC(Br)CNC(=O)c1sccc1Br. The fourth-order valence-electron chi connectivity index (χ4n) is 1.15. The van der Waals surface area contributed by atoms with Gasteiger partial charge in [-0.1, -0.05) is 29.3 Å². The van der Waals surface area contributed by atoms with E-state index in [0.29, 0.717) is 11.4 Å². The van der Waals surface area contributed by atoms with Crippen LogP contribution in [0.4, 0.5) is 0 Å². The Morgan fingerprint density at radius 3 is 2.93 bits per heavy atom. The van der Waals surface area contributed by atoms with Gasteiger partial charge in [0.05, 0.1) is 0 Å². The summed E-state index contributed by atoms with van der Waals surface area (Å²) in [6.07, 6.45) is 2.19. The van der Waals surface area contributed by atoms with Crippen molar-refractivity contribution in [1.82, 2.24) is 5.32 Å². The molecule has 1 rings (SSSR count). The molecule has 2 nitrogen and oxygen atoms in total. The van der Waals surface area contributed by atoms with Gasteiger partial charge in [0.15, 0.2) is 0 Å². The summed E-state index contributed by atoms with van der Waals surface area (Å²) in [5, 5.41) is 4.80. The van der Waals surface area contributed by atoms with Crippen LogP contribution in [0.2, 0.25) is 0 Å². The maximum atomic E-state index is 11.7. The predicted molar refractivity (Wildman–Crippen MR) is 72.0 cm³/mol. The number of hydrogen-bond acceptors (Lipinski definition) is 2. The van der Waals surface area contributed by atoms with E-state index in [9.17, 15) is 4.79 Å². The van der Waals surface area contributed by atoms with E-state index in [-0.39, 0.29) is 5.91 Å². The van der Waals surface area contributed by atoms with Gasteiger partial charge in [-0.05, 0) is 33.8 Å². The molecule has 1 aromatic rings. The summed E-state index contributed by atoms with van der Waals surface area (Å²) in [6.45, 7) is 2.81. The highest BCUT2D eigenvalue weighted by Crippen LogP contribution is 2.22. The molecule has 0 saturated carbocycles. The molecule has 84 valence electrons. The molecule has 0 aromatic carbocycles. The van der Waals surface area contributed by atoms with Crippen LogP contribution >= 0.6 is 43.2 Å². The van der Waals surface area contributed by atoms with Crippen molar-refractivity contribution in [1.29, 1.82) is 0 Å². The molecule has 0 aliphatic heterocycles. The number of halogens is 2. The smallest absolute Gasteiger partial charge is 0.262 e. The van der Waals surface area contributed by atoms with Crippen LogP contribution in [-0.4, -0.2) is 17.3 Å². The van der Waals surface area contributed by atoms with Gasteiger partial charge < -0.3 is 5.32 Å². The van der Waals surface area contributed by atoms with Crippen LogP contribution in [0.1, 0.15) is 29.4 Å². The summed E-state index contributed by atoms with van der Waals surface area (Å²) in [6, 6.07) is 1.89. The lowest BCUT2D eigenvalue weighted by Crippen LogP contribution is -2.29. The Morgan fingerprint density at radius 1 is 1.67 bits per heavy atom. The zero-order valence-electron chi connectivity index (χ0n) is 8.43. The average molecular weight is 355 g/mol. The van der Waals surface area contributed by atoms with Crippen LogP contribution in [0.5, 0.6) is 0 Å². The predicted octanol–water partition coefficient (Wildman–Crippen LogP) is 3.80. The Hall–Kier alpha value is 0.130. The molecule has 15 heavy (non-hydrogen) atoms. The fraction of sp³-hybridized carbons (Fsp3) is 0.500. The molecular formula is C10H13Br2NOS. The van der Waals surface area contributed by atoms with Crippen molar-refractivity contribution >= 4 is 49.1 Å². The molecule has 1 amide bonds. The minimum atomic E-state index is -0.00238. The summed E-state index contributed by atoms with van der Waals surface area (Å²) in [4.78, 5) is 12.8. The van der Waals surface area contributed by atoms with Crippen molar-refractivity contribution in [2.75, 3.05) is 6.54 Å². The van der Waals surface area contributed by atoms with Crippen LogP contribution in [-0.2, 0) is 0 Å². The van der Waals surface area contributed by atoms with Crippen molar-refractivity contribution < 1.29 is 4.79 Å². The van der Waals surface area contributed by atoms with E-state index in [1.807, 2.05) is 11.4 Å². The summed E-state index contributed by atoms with van der Waals surface area (Å²) in [5.41, 5.74) is 0. The van der Waals surface area contributed by atoms with E-state index < -0.39 is 0 Å². The highest BCUT2D eigenvalue weighted by molar-refractivity contribution is 9.10. The van der Waals surface area contributed by atoms with Crippen LogP contribution < -0.4 is 5.32 Å². The second kappa shape index (κ2) is 6.66. The third-order valence-electron chi connectivity index (χ3n) is 1.91. The van der Waals surface area contributed by atoms with Gasteiger partial charge in [-0.15, -0.1) is 11.3 Å². The molecule has 0 bridgehead atoms. The van der Waals surface area contributed by atoms with E-state index >= 15 is 0 Å². The van der Waals surface area contributed by atoms with E-state index in [0.717, 1.165) is 22.2 Å². The number of alkyl halides is 1. The van der Waals surface area contributed by atoms with Gasteiger partial charge in [-0.3, -0.25) is 4.79 Å². The quantitative estimate of drug-likeness (QED) is 0.800. The number of nitrogens with one attached hydrogen (secondary N) is 1. The number of hydrogen-bond donors (Lipinski definition) is 1. The molecule has 0 spiro atoms. The van der Waals surface area contributed by atoms with Crippen LogP contribution in [0, 0.1) is 0 Å². The van der Waals surface area contributed by atoms with Crippen LogP contribution in [0.3, 0.4) is 0 Å². The summed E-state index contributed by atoms with van der Waals surface area (Å²) >= 11 is 8.32. The lowest BCUT2D eigenvalue weighted by Gasteiger charge is -2.09. The Balaban J connectivity index is 2.40. The Bertz CT molecular complexity index is 327. The number of amides is 1.